The molecule has 0 atom stereocenters. The smallest absolute Gasteiger partial charge is 0.387 e. The number of furan rings is 1. The van der Waals surface area contributed by atoms with Crippen LogP contribution in [0, 0.1) is 0 Å². The summed E-state index contributed by atoms with van der Waals surface area (Å²) in [5, 5.41) is 2.59. The van der Waals surface area contributed by atoms with Crippen molar-refractivity contribution in [2.24, 2.45) is 0 Å². The fraction of sp³-hybridized carbons (Fsp3) is 0.222. The number of hydrogen-bond donors (Lipinski definition) is 1. The van der Waals surface area contributed by atoms with E-state index in [0.717, 1.165) is 11.6 Å². The second-order valence-corrected chi connectivity index (χ2v) is 5.08. The van der Waals surface area contributed by atoms with E-state index in [-0.39, 0.29) is 5.75 Å². The van der Waals surface area contributed by atoms with Gasteiger partial charge in [0.2, 0.25) is 0 Å². The van der Waals surface area contributed by atoms with Crippen LogP contribution in [-0.4, -0.2) is 31.6 Å². The van der Waals surface area contributed by atoms with Crippen molar-refractivity contribution in [3.63, 3.8) is 0 Å². The molecule has 2 rings (SSSR count). The maximum Gasteiger partial charge on any atom is 0.387 e. The Kier molecular flexibility index (Phi) is 7.35. The summed E-state index contributed by atoms with van der Waals surface area (Å²) in [6.45, 7) is -2.95. The van der Waals surface area contributed by atoms with Crippen LogP contribution in [-0.2, 0) is 20.7 Å². The van der Waals surface area contributed by atoms with E-state index in [1.54, 1.807) is 24.3 Å². The van der Waals surface area contributed by atoms with Crippen LogP contribution in [0.25, 0.3) is 6.08 Å². The maximum atomic E-state index is 12.0. The third-order valence-electron chi connectivity index (χ3n) is 3.16. The predicted octanol–water partition coefficient (Wildman–Crippen LogP) is 2.80. The number of amides is 1. The molecule has 0 bridgehead atoms. The zero-order valence-corrected chi connectivity index (χ0v) is 13.7. The molecule has 0 aliphatic carbocycles. The molecule has 2 aromatic rings. The molecule has 0 radical (unpaired) electrons. The normalized spacial score (nSPS) is 10.9. The number of hydrogen-bond acceptors (Lipinski definition) is 5. The molecule has 0 fully saturated rings. The number of halogens is 2. The molecule has 0 saturated heterocycles. The van der Waals surface area contributed by atoms with Crippen molar-refractivity contribution in [2.75, 3.05) is 13.2 Å². The number of carbonyl (C=O) groups excluding carboxylic acids is 2. The number of rotatable bonds is 9. The first kappa shape index (κ1) is 19.2. The Morgan fingerprint density at radius 1 is 1.19 bits per heavy atom. The summed E-state index contributed by atoms with van der Waals surface area (Å²) in [6.07, 6.45) is 4.56. The van der Waals surface area contributed by atoms with Crippen LogP contribution in [0.4, 0.5) is 8.78 Å². The van der Waals surface area contributed by atoms with Gasteiger partial charge in [-0.3, -0.25) is 4.79 Å². The quantitative estimate of drug-likeness (QED) is 0.546. The van der Waals surface area contributed by atoms with E-state index in [0.29, 0.717) is 18.7 Å². The van der Waals surface area contributed by atoms with Gasteiger partial charge in [0.05, 0.1) is 6.26 Å². The highest BCUT2D eigenvalue weighted by atomic mass is 19.3. The minimum Gasteiger partial charge on any atom is -0.465 e. The molecular formula is C18H17F2NO5. The van der Waals surface area contributed by atoms with Gasteiger partial charge in [-0.25, -0.2) is 4.79 Å². The van der Waals surface area contributed by atoms with Crippen molar-refractivity contribution in [2.45, 2.75) is 13.0 Å². The molecule has 0 spiro atoms. The topological polar surface area (TPSA) is 77.8 Å². The number of ether oxygens (including phenoxy) is 2. The van der Waals surface area contributed by atoms with Crippen LogP contribution >= 0.6 is 0 Å². The van der Waals surface area contributed by atoms with Gasteiger partial charge in [0.25, 0.3) is 5.91 Å². The van der Waals surface area contributed by atoms with Crippen molar-refractivity contribution < 1.29 is 32.3 Å². The first-order valence-corrected chi connectivity index (χ1v) is 7.72. The second kappa shape index (κ2) is 9.97. The third kappa shape index (κ3) is 7.16. The Labute approximate surface area is 148 Å². The second-order valence-electron chi connectivity index (χ2n) is 5.08. The lowest BCUT2D eigenvalue weighted by Gasteiger charge is -2.07. The zero-order chi connectivity index (χ0) is 18.8. The number of alkyl halides is 2. The van der Waals surface area contributed by atoms with Crippen LogP contribution in [0.5, 0.6) is 5.75 Å². The standard InChI is InChI=1S/C18H17F2NO5/c19-18(20)26-15-5-3-13(4-6-15)9-10-21-16(22)12-25-17(23)8-7-14-2-1-11-24-14/h1-8,11,18H,9-10,12H2,(H,21,22)/b8-7+. The Bertz CT molecular complexity index is 727. The Hall–Kier alpha value is -3.16. The highest BCUT2D eigenvalue weighted by Gasteiger charge is 2.06. The lowest BCUT2D eigenvalue weighted by Crippen LogP contribution is -2.30. The average Bonchev–Trinajstić information content (AvgIpc) is 3.13. The van der Waals surface area contributed by atoms with Gasteiger partial charge in [-0.05, 0) is 42.3 Å². The molecule has 0 aliphatic rings. The highest BCUT2D eigenvalue weighted by molar-refractivity contribution is 5.88. The summed E-state index contributed by atoms with van der Waals surface area (Å²) in [4.78, 5) is 23.1. The molecule has 26 heavy (non-hydrogen) atoms. The Morgan fingerprint density at radius 3 is 2.62 bits per heavy atom. The molecule has 6 nitrogen and oxygen atoms in total. The van der Waals surface area contributed by atoms with Gasteiger partial charge in [-0.1, -0.05) is 12.1 Å². The van der Waals surface area contributed by atoms with Gasteiger partial charge in [0.15, 0.2) is 6.61 Å². The van der Waals surface area contributed by atoms with E-state index < -0.39 is 25.1 Å². The number of esters is 1. The van der Waals surface area contributed by atoms with Gasteiger partial charge in [-0.15, -0.1) is 0 Å². The van der Waals surface area contributed by atoms with Gasteiger partial charge in [0.1, 0.15) is 11.5 Å². The number of carbonyl (C=O) groups is 2. The fourth-order valence-corrected chi connectivity index (χ4v) is 1.96. The van der Waals surface area contributed by atoms with Crippen LogP contribution in [0.15, 0.2) is 53.2 Å². The van der Waals surface area contributed by atoms with Crippen LogP contribution in [0.2, 0.25) is 0 Å². The molecule has 0 aliphatic heterocycles. The molecule has 138 valence electrons. The van der Waals surface area contributed by atoms with Gasteiger partial charge >= 0.3 is 12.6 Å². The van der Waals surface area contributed by atoms with E-state index >= 15 is 0 Å². The molecule has 0 unspecified atom stereocenters. The van der Waals surface area contributed by atoms with E-state index in [4.69, 9.17) is 9.15 Å². The van der Waals surface area contributed by atoms with Gasteiger partial charge < -0.3 is 19.2 Å². The number of nitrogens with one attached hydrogen (secondary N) is 1. The monoisotopic (exact) mass is 365 g/mol. The highest BCUT2D eigenvalue weighted by Crippen LogP contribution is 2.14. The molecular weight excluding hydrogens is 348 g/mol. The minimum absolute atomic E-state index is 0.0716. The molecule has 1 heterocycles. The van der Waals surface area contributed by atoms with Crippen LogP contribution in [0.1, 0.15) is 11.3 Å². The third-order valence-corrected chi connectivity index (χ3v) is 3.16. The van der Waals surface area contributed by atoms with Crippen molar-refractivity contribution >= 4 is 18.0 Å². The first-order valence-electron chi connectivity index (χ1n) is 7.72. The zero-order valence-electron chi connectivity index (χ0n) is 13.7. The summed E-state index contributed by atoms with van der Waals surface area (Å²) in [5.74, 6) is -0.535. The lowest BCUT2D eigenvalue weighted by atomic mass is 10.1. The largest absolute Gasteiger partial charge is 0.465 e. The lowest BCUT2D eigenvalue weighted by molar-refractivity contribution is -0.143. The van der Waals surface area contributed by atoms with E-state index in [2.05, 4.69) is 10.1 Å². The summed E-state index contributed by atoms with van der Waals surface area (Å²) in [6, 6.07) is 9.46. The SMILES string of the molecule is O=C(COC(=O)/C=C/c1ccco1)NCCc1ccc(OC(F)F)cc1. The Balaban J connectivity index is 1.63. The maximum absolute atomic E-state index is 12.0. The molecule has 1 aromatic carbocycles. The van der Waals surface area contributed by atoms with Crippen molar-refractivity contribution in [1.82, 2.24) is 5.32 Å². The molecule has 1 N–H and O–H groups in total. The number of benzene rings is 1. The van der Waals surface area contributed by atoms with Crippen molar-refractivity contribution in [1.29, 1.82) is 0 Å². The molecule has 0 saturated carbocycles. The molecule has 1 amide bonds. The summed E-state index contributed by atoms with van der Waals surface area (Å²) in [7, 11) is 0. The van der Waals surface area contributed by atoms with Gasteiger partial charge in [-0.2, -0.15) is 8.78 Å². The average molecular weight is 365 g/mol. The van der Waals surface area contributed by atoms with Gasteiger partial charge in [0, 0.05) is 12.6 Å². The van der Waals surface area contributed by atoms with E-state index in [9.17, 15) is 18.4 Å². The fourth-order valence-electron chi connectivity index (χ4n) is 1.96. The summed E-state index contributed by atoms with van der Waals surface area (Å²) >= 11 is 0. The Morgan fingerprint density at radius 2 is 1.96 bits per heavy atom. The predicted molar refractivity (Wildman–Crippen MR) is 88.5 cm³/mol. The summed E-state index contributed by atoms with van der Waals surface area (Å²) in [5.41, 5.74) is 0.838. The molecule has 1 aromatic heterocycles. The molecule has 8 heteroatoms. The first-order chi connectivity index (χ1) is 12.5. The van der Waals surface area contributed by atoms with Crippen LogP contribution in [0.3, 0.4) is 0 Å². The van der Waals surface area contributed by atoms with Crippen LogP contribution < -0.4 is 10.1 Å². The van der Waals surface area contributed by atoms with E-state index in [1.165, 1.54) is 24.5 Å². The minimum atomic E-state index is -2.86. The van der Waals surface area contributed by atoms with Crippen molar-refractivity contribution in [3.05, 3.63) is 60.1 Å². The van der Waals surface area contributed by atoms with E-state index in [1.807, 2.05) is 0 Å². The summed E-state index contributed by atoms with van der Waals surface area (Å²) < 4.78 is 38.1. The van der Waals surface area contributed by atoms with Crippen molar-refractivity contribution in [3.8, 4) is 5.75 Å².